The van der Waals surface area contributed by atoms with Gasteiger partial charge in [-0.3, -0.25) is 0 Å². The maximum absolute atomic E-state index is 12.0. The highest BCUT2D eigenvalue weighted by molar-refractivity contribution is 7.88. The maximum Gasteiger partial charge on any atom is 0.211 e. The van der Waals surface area contributed by atoms with E-state index in [2.05, 4.69) is 0 Å². The summed E-state index contributed by atoms with van der Waals surface area (Å²) in [5, 5.41) is 0. The van der Waals surface area contributed by atoms with Crippen LogP contribution in [0.25, 0.3) is 0 Å². The van der Waals surface area contributed by atoms with Gasteiger partial charge in [0.25, 0.3) is 0 Å². The smallest absolute Gasteiger partial charge is 0.211 e. The van der Waals surface area contributed by atoms with Gasteiger partial charge in [-0.15, -0.1) is 0 Å². The Morgan fingerprint density at radius 3 is 1.77 bits per heavy atom. The van der Waals surface area contributed by atoms with Crippen LogP contribution in [0.3, 0.4) is 0 Å². The Labute approximate surface area is 132 Å². The van der Waals surface area contributed by atoms with Gasteiger partial charge in [-0.25, -0.2) is 8.42 Å². The fourth-order valence-corrected chi connectivity index (χ4v) is 2.89. The van der Waals surface area contributed by atoms with Gasteiger partial charge >= 0.3 is 0 Å². The number of rotatable bonds is 6. The molecule has 0 aliphatic carbocycles. The number of sulfonamides is 1. The minimum atomic E-state index is -3.29. The van der Waals surface area contributed by atoms with Crippen molar-refractivity contribution >= 4 is 10.0 Å². The van der Waals surface area contributed by atoms with Crippen molar-refractivity contribution in [1.29, 1.82) is 0 Å². The summed E-state index contributed by atoms with van der Waals surface area (Å²) in [4.78, 5) is 0. The molecule has 0 atom stereocenters. The first kappa shape index (κ1) is 16.5. The normalized spacial score (nSPS) is 11.6. The lowest BCUT2D eigenvalue weighted by Gasteiger charge is -2.20. The topological polar surface area (TPSA) is 46.6 Å². The highest BCUT2D eigenvalue weighted by Crippen LogP contribution is 2.17. The molecule has 0 aliphatic rings. The lowest BCUT2D eigenvalue weighted by atomic mass is 10.1. The molecule has 0 aliphatic heterocycles. The molecule has 5 heteroatoms. The van der Waals surface area contributed by atoms with Gasteiger partial charge in [-0.2, -0.15) is 4.31 Å². The van der Waals surface area contributed by atoms with E-state index in [-0.39, 0.29) is 0 Å². The number of benzene rings is 2. The Hall–Kier alpha value is -1.85. The quantitative estimate of drug-likeness (QED) is 0.822. The van der Waals surface area contributed by atoms with E-state index in [0.717, 1.165) is 22.4 Å². The number of aryl methyl sites for hydroxylation is 1. The number of ether oxygens (including phenoxy) is 1. The number of nitrogens with zero attached hydrogens (tertiary/aromatic N) is 1. The molecular formula is C17H21NO3S. The van der Waals surface area contributed by atoms with Gasteiger partial charge in [-0.05, 0) is 30.2 Å². The van der Waals surface area contributed by atoms with E-state index in [0.29, 0.717) is 13.1 Å². The molecule has 2 aromatic carbocycles. The van der Waals surface area contributed by atoms with E-state index in [1.165, 1.54) is 10.6 Å². The molecule has 0 amide bonds. The first-order chi connectivity index (χ1) is 10.4. The van der Waals surface area contributed by atoms with Crippen LogP contribution in [-0.2, 0) is 23.1 Å². The summed E-state index contributed by atoms with van der Waals surface area (Å²) in [5.41, 5.74) is 3.06. The van der Waals surface area contributed by atoms with E-state index in [4.69, 9.17) is 4.74 Å². The van der Waals surface area contributed by atoms with Gasteiger partial charge in [0.1, 0.15) is 5.75 Å². The molecule has 0 bridgehead atoms. The van der Waals surface area contributed by atoms with Crippen molar-refractivity contribution in [2.45, 2.75) is 20.0 Å². The van der Waals surface area contributed by atoms with Crippen LogP contribution in [0.5, 0.6) is 5.75 Å². The van der Waals surface area contributed by atoms with E-state index in [9.17, 15) is 8.42 Å². The average Bonchev–Trinajstić information content (AvgIpc) is 2.48. The number of methoxy groups -OCH3 is 1. The Balaban J connectivity index is 2.17. The summed E-state index contributed by atoms with van der Waals surface area (Å²) in [5.74, 6) is 0.758. The molecule has 0 unspecified atom stereocenters. The molecule has 4 nitrogen and oxygen atoms in total. The van der Waals surface area contributed by atoms with Crippen LogP contribution in [0.1, 0.15) is 16.7 Å². The summed E-state index contributed by atoms with van der Waals surface area (Å²) >= 11 is 0. The van der Waals surface area contributed by atoms with Crippen LogP contribution < -0.4 is 4.74 Å². The Morgan fingerprint density at radius 1 is 0.909 bits per heavy atom. The summed E-state index contributed by atoms with van der Waals surface area (Å²) in [6.45, 7) is 2.72. The van der Waals surface area contributed by atoms with Gasteiger partial charge in [-0.1, -0.05) is 42.0 Å². The lowest BCUT2D eigenvalue weighted by Crippen LogP contribution is -2.29. The molecule has 0 saturated heterocycles. The molecule has 0 spiro atoms. The third-order valence-electron chi connectivity index (χ3n) is 3.47. The summed E-state index contributed by atoms with van der Waals surface area (Å²) < 4.78 is 30.7. The highest BCUT2D eigenvalue weighted by atomic mass is 32.2. The molecule has 0 aromatic heterocycles. The van der Waals surface area contributed by atoms with Gasteiger partial charge in [0.15, 0.2) is 0 Å². The first-order valence-corrected chi connectivity index (χ1v) is 8.87. The van der Waals surface area contributed by atoms with E-state index < -0.39 is 10.0 Å². The lowest BCUT2D eigenvalue weighted by molar-refractivity contribution is 0.402. The second-order valence-corrected chi connectivity index (χ2v) is 7.35. The molecule has 0 fully saturated rings. The largest absolute Gasteiger partial charge is 0.497 e. The standard InChI is InChI=1S/C17H21NO3S/c1-14-4-6-15(7-5-14)12-18(22(3,19)20)13-16-8-10-17(21-2)11-9-16/h4-11H,12-13H2,1-3H3. The van der Waals surface area contributed by atoms with Crippen molar-refractivity contribution in [3.8, 4) is 5.75 Å². The van der Waals surface area contributed by atoms with Crippen LogP contribution in [-0.4, -0.2) is 26.1 Å². The van der Waals surface area contributed by atoms with Crippen molar-refractivity contribution in [3.05, 3.63) is 65.2 Å². The monoisotopic (exact) mass is 319 g/mol. The third-order valence-corrected chi connectivity index (χ3v) is 4.66. The first-order valence-electron chi connectivity index (χ1n) is 7.02. The van der Waals surface area contributed by atoms with Crippen LogP contribution >= 0.6 is 0 Å². The summed E-state index contributed by atoms with van der Waals surface area (Å²) in [6, 6.07) is 15.3. The van der Waals surface area contributed by atoms with Crippen molar-refractivity contribution in [2.75, 3.05) is 13.4 Å². The van der Waals surface area contributed by atoms with Crippen LogP contribution in [0.15, 0.2) is 48.5 Å². The second-order valence-electron chi connectivity index (χ2n) is 5.36. The van der Waals surface area contributed by atoms with Gasteiger partial charge < -0.3 is 4.74 Å². The van der Waals surface area contributed by atoms with Crippen molar-refractivity contribution in [3.63, 3.8) is 0 Å². The van der Waals surface area contributed by atoms with E-state index in [1.54, 1.807) is 7.11 Å². The molecule has 2 aromatic rings. The molecular weight excluding hydrogens is 298 g/mol. The zero-order valence-corrected chi connectivity index (χ0v) is 13.9. The van der Waals surface area contributed by atoms with Gasteiger partial charge in [0.05, 0.1) is 13.4 Å². The molecule has 0 heterocycles. The second kappa shape index (κ2) is 6.94. The Kier molecular flexibility index (Phi) is 5.21. The third kappa shape index (κ3) is 4.58. The van der Waals surface area contributed by atoms with Crippen LogP contribution in [0, 0.1) is 6.92 Å². The molecule has 2 rings (SSSR count). The van der Waals surface area contributed by atoms with Crippen LogP contribution in [0.4, 0.5) is 0 Å². The Morgan fingerprint density at radius 2 is 1.36 bits per heavy atom. The molecule has 22 heavy (non-hydrogen) atoms. The predicted octanol–water partition coefficient (Wildman–Crippen LogP) is 2.97. The minimum absolute atomic E-state index is 0.344. The summed E-state index contributed by atoms with van der Waals surface area (Å²) in [6.07, 6.45) is 1.24. The molecule has 118 valence electrons. The van der Waals surface area contributed by atoms with E-state index >= 15 is 0 Å². The van der Waals surface area contributed by atoms with Crippen molar-refractivity contribution < 1.29 is 13.2 Å². The van der Waals surface area contributed by atoms with Crippen molar-refractivity contribution in [1.82, 2.24) is 4.31 Å². The minimum Gasteiger partial charge on any atom is -0.497 e. The van der Waals surface area contributed by atoms with Crippen LogP contribution in [0.2, 0.25) is 0 Å². The SMILES string of the molecule is COc1ccc(CN(Cc2ccc(C)cc2)S(C)(=O)=O)cc1. The van der Waals surface area contributed by atoms with Gasteiger partial charge in [0.2, 0.25) is 10.0 Å². The van der Waals surface area contributed by atoms with E-state index in [1.807, 2.05) is 55.5 Å². The Bertz CT molecular complexity index is 707. The zero-order valence-electron chi connectivity index (χ0n) is 13.1. The summed E-state index contributed by atoms with van der Waals surface area (Å²) in [7, 11) is -1.68. The fraction of sp³-hybridized carbons (Fsp3) is 0.294. The molecule has 0 saturated carbocycles. The number of hydrogen-bond acceptors (Lipinski definition) is 3. The number of hydrogen-bond donors (Lipinski definition) is 0. The average molecular weight is 319 g/mol. The zero-order chi connectivity index (χ0) is 16.2. The van der Waals surface area contributed by atoms with Crippen molar-refractivity contribution in [2.24, 2.45) is 0 Å². The van der Waals surface area contributed by atoms with Gasteiger partial charge in [0, 0.05) is 13.1 Å². The molecule has 0 N–H and O–H groups in total. The highest BCUT2D eigenvalue weighted by Gasteiger charge is 2.17. The fourth-order valence-electron chi connectivity index (χ4n) is 2.12. The predicted molar refractivity (Wildman–Crippen MR) is 88.3 cm³/mol. The molecule has 0 radical (unpaired) electrons. The maximum atomic E-state index is 12.0.